The van der Waals surface area contributed by atoms with Crippen molar-refractivity contribution in [2.75, 3.05) is 6.54 Å². The normalized spacial score (nSPS) is 12.8. The number of carboxylic acids is 1. The summed E-state index contributed by atoms with van der Waals surface area (Å²) in [4.78, 5) is 34.4. The molecule has 0 aliphatic heterocycles. The van der Waals surface area contributed by atoms with Gasteiger partial charge < -0.3 is 15.7 Å². The molecule has 0 fully saturated rings. The first-order valence-electron chi connectivity index (χ1n) is 7.80. The van der Waals surface area contributed by atoms with Gasteiger partial charge in [0.2, 0.25) is 11.8 Å². The second kappa shape index (κ2) is 9.43. The highest BCUT2D eigenvalue weighted by molar-refractivity contribution is 5.87. The largest absolute Gasteiger partial charge is 0.480 e. The van der Waals surface area contributed by atoms with E-state index in [0.717, 1.165) is 12.8 Å². The lowest BCUT2D eigenvalue weighted by Gasteiger charge is -2.18. The number of aliphatic carboxylic acids is 1. The Balaban J connectivity index is 4.06. The van der Waals surface area contributed by atoms with Crippen LogP contribution in [0.25, 0.3) is 0 Å². The fraction of sp³-hybridized carbons (Fsp3) is 0.812. The van der Waals surface area contributed by atoms with Crippen molar-refractivity contribution in [1.29, 1.82) is 0 Å². The molecule has 6 nitrogen and oxygen atoms in total. The van der Waals surface area contributed by atoms with Crippen LogP contribution in [-0.4, -0.2) is 35.5 Å². The first-order chi connectivity index (χ1) is 10.0. The Morgan fingerprint density at radius 1 is 1.09 bits per heavy atom. The van der Waals surface area contributed by atoms with Crippen molar-refractivity contribution in [3.05, 3.63) is 0 Å². The van der Waals surface area contributed by atoms with Crippen molar-refractivity contribution >= 4 is 17.8 Å². The van der Waals surface area contributed by atoms with Crippen LogP contribution in [-0.2, 0) is 14.4 Å². The number of carbonyl (C=O) groups is 3. The predicted octanol–water partition coefficient (Wildman–Crippen LogP) is 1.93. The van der Waals surface area contributed by atoms with Gasteiger partial charge >= 0.3 is 5.97 Å². The summed E-state index contributed by atoms with van der Waals surface area (Å²) in [5.41, 5.74) is 0.184. The molecule has 3 N–H and O–H groups in total. The van der Waals surface area contributed by atoms with Crippen LogP contribution in [0.15, 0.2) is 0 Å². The molecule has 0 saturated carbocycles. The topological polar surface area (TPSA) is 95.5 Å². The van der Waals surface area contributed by atoms with Crippen LogP contribution in [0, 0.1) is 11.3 Å². The quantitative estimate of drug-likeness (QED) is 0.606. The minimum absolute atomic E-state index is 0.161. The average Bonchev–Trinajstić information content (AvgIpc) is 2.33. The van der Waals surface area contributed by atoms with E-state index in [0.29, 0.717) is 12.8 Å². The van der Waals surface area contributed by atoms with E-state index in [9.17, 15) is 14.4 Å². The maximum atomic E-state index is 11.7. The Kier molecular flexibility index (Phi) is 8.75. The van der Waals surface area contributed by atoms with E-state index in [1.807, 2.05) is 13.8 Å². The molecule has 0 unspecified atom stereocenters. The van der Waals surface area contributed by atoms with Gasteiger partial charge in [-0.25, -0.2) is 4.79 Å². The Morgan fingerprint density at radius 3 is 2.14 bits per heavy atom. The third-order valence-electron chi connectivity index (χ3n) is 3.12. The van der Waals surface area contributed by atoms with Crippen LogP contribution in [0.2, 0.25) is 0 Å². The molecule has 0 radical (unpaired) electrons. The van der Waals surface area contributed by atoms with Crippen molar-refractivity contribution in [2.45, 2.75) is 66.3 Å². The number of hydrogen-bond donors (Lipinski definition) is 3. The Bertz CT molecular complexity index is 386. The molecule has 0 aromatic carbocycles. The number of carboxylic acid groups (broad SMARTS) is 1. The highest BCUT2D eigenvalue weighted by Crippen LogP contribution is 2.21. The summed E-state index contributed by atoms with van der Waals surface area (Å²) in [5.74, 6) is -1.56. The van der Waals surface area contributed by atoms with Gasteiger partial charge in [-0.1, -0.05) is 34.6 Å². The summed E-state index contributed by atoms with van der Waals surface area (Å²) in [6.45, 7) is 9.92. The molecule has 0 aliphatic carbocycles. The SMILES string of the molecule is CC(C)C[C@H](NC(=O)CNC(=O)CCCC(C)(C)C)C(=O)O. The molecule has 2 amide bonds. The molecule has 6 heteroatoms. The average molecular weight is 314 g/mol. The second-order valence-corrected chi connectivity index (χ2v) is 7.28. The number of carbonyl (C=O) groups excluding carboxylic acids is 2. The summed E-state index contributed by atoms with van der Waals surface area (Å²) in [5, 5.41) is 14.0. The number of hydrogen-bond acceptors (Lipinski definition) is 3. The van der Waals surface area contributed by atoms with Crippen molar-refractivity contribution in [1.82, 2.24) is 10.6 Å². The van der Waals surface area contributed by atoms with Gasteiger partial charge in [-0.2, -0.15) is 0 Å². The smallest absolute Gasteiger partial charge is 0.326 e. The van der Waals surface area contributed by atoms with Crippen molar-refractivity contribution in [3.8, 4) is 0 Å². The lowest BCUT2D eigenvalue weighted by atomic mass is 9.90. The summed E-state index contributed by atoms with van der Waals surface area (Å²) in [6.07, 6.45) is 2.43. The molecule has 0 aromatic heterocycles. The molecule has 0 bridgehead atoms. The van der Waals surface area contributed by atoms with E-state index < -0.39 is 17.9 Å². The van der Waals surface area contributed by atoms with Crippen LogP contribution in [0.3, 0.4) is 0 Å². The molecule has 0 rings (SSSR count). The number of rotatable bonds is 9. The summed E-state index contributed by atoms with van der Waals surface area (Å²) < 4.78 is 0. The van der Waals surface area contributed by atoms with Gasteiger partial charge in [0.1, 0.15) is 6.04 Å². The van der Waals surface area contributed by atoms with E-state index in [2.05, 4.69) is 31.4 Å². The summed E-state index contributed by atoms with van der Waals surface area (Å²) in [6, 6.07) is -0.912. The first kappa shape index (κ1) is 20.4. The van der Waals surface area contributed by atoms with Gasteiger partial charge in [-0.3, -0.25) is 9.59 Å². The van der Waals surface area contributed by atoms with Crippen molar-refractivity contribution < 1.29 is 19.5 Å². The monoisotopic (exact) mass is 314 g/mol. The second-order valence-electron chi connectivity index (χ2n) is 7.28. The van der Waals surface area contributed by atoms with Crippen molar-refractivity contribution in [3.63, 3.8) is 0 Å². The van der Waals surface area contributed by atoms with Gasteiger partial charge in [-0.15, -0.1) is 0 Å². The molecule has 128 valence electrons. The van der Waals surface area contributed by atoms with Gasteiger partial charge in [0.05, 0.1) is 6.54 Å². The van der Waals surface area contributed by atoms with E-state index in [1.165, 1.54) is 0 Å². The molecule has 0 saturated heterocycles. The predicted molar refractivity (Wildman–Crippen MR) is 85.3 cm³/mol. The van der Waals surface area contributed by atoms with E-state index in [-0.39, 0.29) is 23.8 Å². The van der Waals surface area contributed by atoms with Gasteiger partial charge in [0, 0.05) is 6.42 Å². The third-order valence-corrected chi connectivity index (χ3v) is 3.12. The highest BCUT2D eigenvalue weighted by atomic mass is 16.4. The third kappa shape index (κ3) is 11.1. The molecule has 0 aliphatic rings. The fourth-order valence-electron chi connectivity index (χ4n) is 1.98. The first-order valence-corrected chi connectivity index (χ1v) is 7.80. The maximum absolute atomic E-state index is 11.7. The number of amides is 2. The zero-order chi connectivity index (χ0) is 17.3. The summed E-state index contributed by atoms with van der Waals surface area (Å²) >= 11 is 0. The van der Waals surface area contributed by atoms with Crippen LogP contribution in [0.5, 0.6) is 0 Å². The Hall–Kier alpha value is -1.59. The lowest BCUT2D eigenvalue weighted by molar-refractivity contribution is -0.142. The molecule has 0 spiro atoms. The summed E-state index contributed by atoms with van der Waals surface area (Å²) in [7, 11) is 0. The minimum atomic E-state index is -1.06. The van der Waals surface area contributed by atoms with Gasteiger partial charge in [0.25, 0.3) is 0 Å². The molecular formula is C16H30N2O4. The zero-order valence-corrected chi connectivity index (χ0v) is 14.4. The molecule has 22 heavy (non-hydrogen) atoms. The van der Waals surface area contributed by atoms with Gasteiger partial charge in [0.15, 0.2) is 0 Å². The van der Waals surface area contributed by atoms with Crippen LogP contribution >= 0.6 is 0 Å². The zero-order valence-electron chi connectivity index (χ0n) is 14.4. The number of nitrogens with one attached hydrogen (secondary N) is 2. The molecule has 0 aromatic rings. The Morgan fingerprint density at radius 2 is 1.68 bits per heavy atom. The highest BCUT2D eigenvalue weighted by Gasteiger charge is 2.21. The lowest BCUT2D eigenvalue weighted by Crippen LogP contribution is -2.46. The van der Waals surface area contributed by atoms with E-state index in [1.54, 1.807) is 0 Å². The van der Waals surface area contributed by atoms with E-state index >= 15 is 0 Å². The maximum Gasteiger partial charge on any atom is 0.326 e. The van der Waals surface area contributed by atoms with Crippen LogP contribution in [0.4, 0.5) is 0 Å². The molecular weight excluding hydrogens is 284 g/mol. The van der Waals surface area contributed by atoms with E-state index in [4.69, 9.17) is 5.11 Å². The van der Waals surface area contributed by atoms with Crippen LogP contribution < -0.4 is 10.6 Å². The Labute approximate surface area is 133 Å². The molecule has 0 heterocycles. The minimum Gasteiger partial charge on any atom is -0.480 e. The molecule has 1 atom stereocenters. The van der Waals surface area contributed by atoms with Gasteiger partial charge in [-0.05, 0) is 30.6 Å². The van der Waals surface area contributed by atoms with Crippen molar-refractivity contribution in [2.24, 2.45) is 11.3 Å². The standard InChI is InChI=1S/C16H30N2O4/c1-11(2)9-12(15(21)22)18-14(20)10-17-13(19)7-6-8-16(3,4)5/h11-12H,6-10H2,1-5H3,(H,17,19)(H,18,20)(H,21,22)/t12-/m0/s1. The fourth-order valence-corrected chi connectivity index (χ4v) is 1.98. The van der Waals surface area contributed by atoms with Crippen LogP contribution in [0.1, 0.15) is 60.3 Å².